The van der Waals surface area contributed by atoms with Gasteiger partial charge in [-0.25, -0.2) is 0 Å². The van der Waals surface area contributed by atoms with Gasteiger partial charge in [-0.15, -0.1) is 36.2 Å². The summed E-state index contributed by atoms with van der Waals surface area (Å²) in [6, 6.07) is 15.3. The number of ether oxygens (including phenoxy) is 1. The molecule has 1 aromatic carbocycles. The molecule has 1 atom stereocenters. The van der Waals surface area contributed by atoms with Crippen LogP contribution in [0, 0.1) is 6.92 Å². The van der Waals surface area contributed by atoms with Gasteiger partial charge in [0, 0.05) is 53.7 Å². The molecule has 1 N–H and O–H groups in total. The van der Waals surface area contributed by atoms with Gasteiger partial charge in [0.05, 0.1) is 18.2 Å². The first-order valence-electron chi connectivity index (χ1n) is 11.2. The van der Waals surface area contributed by atoms with Crippen molar-refractivity contribution < 1.29 is 4.74 Å². The minimum absolute atomic E-state index is 0. The van der Waals surface area contributed by atoms with Crippen molar-refractivity contribution in [3.63, 3.8) is 0 Å². The van der Waals surface area contributed by atoms with Gasteiger partial charge < -0.3 is 15.0 Å². The topological polar surface area (TPSA) is 40.6 Å². The van der Waals surface area contributed by atoms with E-state index in [9.17, 15) is 0 Å². The van der Waals surface area contributed by atoms with Crippen molar-refractivity contribution in [3.8, 4) is 5.75 Å². The highest BCUT2D eigenvalue weighted by atomic mass is 35.5. The molecule has 5 nitrogen and oxygen atoms in total. The van der Waals surface area contributed by atoms with Crippen LogP contribution in [0.2, 0.25) is 0 Å². The smallest absolute Gasteiger partial charge is 0.122 e. The maximum absolute atomic E-state index is 5.58. The molecule has 1 fully saturated rings. The molecular formula is C26H32Cl2N4OS. The molecule has 0 spiro atoms. The van der Waals surface area contributed by atoms with Crippen LogP contribution in [0.25, 0.3) is 11.9 Å². The third-order valence-electron chi connectivity index (χ3n) is 6.57. The Bertz CT molecular complexity index is 1250. The summed E-state index contributed by atoms with van der Waals surface area (Å²) in [6.45, 7) is 5.21. The van der Waals surface area contributed by atoms with E-state index in [1.807, 2.05) is 29.7 Å². The number of hydrogen-bond acceptors (Lipinski definition) is 6. The molecular weight excluding hydrogens is 487 g/mol. The van der Waals surface area contributed by atoms with Gasteiger partial charge in [-0.1, -0.05) is 18.2 Å². The molecule has 1 unspecified atom stereocenters. The van der Waals surface area contributed by atoms with E-state index in [1.54, 1.807) is 7.11 Å². The molecule has 2 aliphatic rings. The Morgan fingerprint density at radius 3 is 2.79 bits per heavy atom. The molecule has 0 aliphatic carbocycles. The van der Waals surface area contributed by atoms with Crippen LogP contribution >= 0.6 is 36.2 Å². The molecule has 8 heteroatoms. The number of nitrogens with zero attached hydrogens (tertiary/aromatic N) is 3. The fraction of sp³-hybridized carbons (Fsp3) is 0.346. The SMILES string of the molecule is COc1ccccc1CCC1CN(C2=c3ncccc3=CNc3sc(C)cc32)CCN1C.Cl.Cl. The normalized spacial score (nSPS) is 17.2. The summed E-state index contributed by atoms with van der Waals surface area (Å²) in [5, 5.41) is 6.96. The second-order valence-electron chi connectivity index (χ2n) is 8.61. The minimum Gasteiger partial charge on any atom is -0.496 e. The molecule has 4 heterocycles. The largest absolute Gasteiger partial charge is 0.496 e. The number of halogens is 2. The van der Waals surface area contributed by atoms with Gasteiger partial charge in [0.15, 0.2) is 0 Å². The number of methoxy groups -OCH3 is 1. The zero-order chi connectivity index (χ0) is 22.1. The number of benzene rings is 1. The fourth-order valence-electron chi connectivity index (χ4n) is 4.81. The predicted octanol–water partition coefficient (Wildman–Crippen LogP) is 3.87. The van der Waals surface area contributed by atoms with E-state index >= 15 is 0 Å². The first-order valence-corrected chi connectivity index (χ1v) is 12.1. The van der Waals surface area contributed by atoms with Crippen LogP contribution < -0.4 is 20.6 Å². The Hall–Kier alpha value is -2.25. The Kier molecular flexibility index (Phi) is 8.88. The minimum atomic E-state index is 0. The third kappa shape index (κ3) is 5.20. The molecule has 3 aromatic rings. The monoisotopic (exact) mass is 518 g/mol. The Balaban J connectivity index is 0.00000162. The number of fused-ring (bicyclic) bond motifs is 2. The maximum atomic E-state index is 5.58. The molecule has 2 aromatic heterocycles. The molecule has 34 heavy (non-hydrogen) atoms. The Morgan fingerprint density at radius 2 is 1.97 bits per heavy atom. The third-order valence-corrected chi connectivity index (χ3v) is 7.55. The molecule has 1 saturated heterocycles. The second-order valence-corrected chi connectivity index (χ2v) is 9.87. The second kappa shape index (κ2) is 11.5. The molecule has 0 amide bonds. The molecule has 182 valence electrons. The van der Waals surface area contributed by atoms with Crippen molar-refractivity contribution in [1.82, 2.24) is 14.8 Å². The molecule has 2 aliphatic heterocycles. The number of thiophene rings is 1. The number of aryl methyl sites for hydroxylation is 2. The Labute approximate surface area is 218 Å². The zero-order valence-corrected chi connectivity index (χ0v) is 22.2. The van der Waals surface area contributed by atoms with E-state index in [-0.39, 0.29) is 24.8 Å². The van der Waals surface area contributed by atoms with Gasteiger partial charge in [0.2, 0.25) is 0 Å². The van der Waals surface area contributed by atoms with Gasteiger partial charge in [0.1, 0.15) is 10.8 Å². The van der Waals surface area contributed by atoms with Crippen molar-refractivity contribution in [3.05, 3.63) is 75.2 Å². The summed E-state index contributed by atoms with van der Waals surface area (Å²) in [4.78, 5) is 11.2. The fourth-order valence-corrected chi connectivity index (χ4v) is 5.70. The lowest BCUT2D eigenvalue weighted by Gasteiger charge is -2.41. The van der Waals surface area contributed by atoms with Crippen LogP contribution in [0.4, 0.5) is 5.00 Å². The molecule has 5 rings (SSSR count). The van der Waals surface area contributed by atoms with E-state index in [4.69, 9.17) is 9.72 Å². The van der Waals surface area contributed by atoms with Crippen LogP contribution in [-0.4, -0.2) is 54.6 Å². The first kappa shape index (κ1) is 26.4. The van der Waals surface area contributed by atoms with E-state index in [0.29, 0.717) is 6.04 Å². The highest BCUT2D eigenvalue weighted by Crippen LogP contribution is 2.35. The molecule has 0 bridgehead atoms. The van der Waals surface area contributed by atoms with Gasteiger partial charge in [-0.05, 0) is 56.6 Å². The van der Waals surface area contributed by atoms with E-state index < -0.39 is 0 Å². The number of para-hydroxylation sites is 1. The average Bonchev–Trinajstić information content (AvgIpc) is 3.11. The number of anilines is 1. The van der Waals surface area contributed by atoms with Gasteiger partial charge in [0.25, 0.3) is 0 Å². The summed E-state index contributed by atoms with van der Waals surface area (Å²) in [6.07, 6.45) is 6.11. The lowest BCUT2D eigenvalue weighted by atomic mass is 10.0. The lowest BCUT2D eigenvalue weighted by Crippen LogP contribution is -2.52. The first-order chi connectivity index (χ1) is 15.6. The Morgan fingerprint density at radius 1 is 1.15 bits per heavy atom. The van der Waals surface area contributed by atoms with E-state index in [0.717, 1.165) is 48.8 Å². The van der Waals surface area contributed by atoms with Crippen LogP contribution in [0.15, 0.2) is 48.7 Å². The summed E-state index contributed by atoms with van der Waals surface area (Å²) >= 11 is 1.81. The van der Waals surface area contributed by atoms with Crippen molar-refractivity contribution >= 4 is 53.0 Å². The summed E-state index contributed by atoms with van der Waals surface area (Å²) in [7, 11) is 4.01. The van der Waals surface area contributed by atoms with Crippen molar-refractivity contribution in [1.29, 1.82) is 0 Å². The van der Waals surface area contributed by atoms with Crippen LogP contribution in [0.1, 0.15) is 22.4 Å². The highest BCUT2D eigenvalue weighted by Gasteiger charge is 2.29. The van der Waals surface area contributed by atoms with Crippen molar-refractivity contribution in [2.45, 2.75) is 25.8 Å². The standard InChI is InChI=1S/C26H30N4OS.2ClH/c1-18-15-22-25(24-20(8-6-12-27-24)16-28-26(22)32-18)30-14-13-29(2)21(17-30)11-10-19-7-4-5-9-23(19)31-3;;/h4-9,12,15-16,21,28H,10-11,13-14,17H2,1-3H3;2*1H. The number of piperazine rings is 1. The highest BCUT2D eigenvalue weighted by molar-refractivity contribution is 7.16. The lowest BCUT2D eigenvalue weighted by molar-refractivity contribution is 0.127. The summed E-state index contributed by atoms with van der Waals surface area (Å²) < 4.78 is 5.58. The molecule has 0 radical (unpaired) electrons. The van der Waals surface area contributed by atoms with E-state index in [2.05, 4.69) is 65.6 Å². The van der Waals surface area contributed by atoms with Gasteiger partial charge in [-0.3, -0.25) is 9.88 Å². The quantitative estimate of drug-likeness (QED) is 0.555. The maximum Gasteiger partial charge on any atom is 0.122 e. The van der Waals surface area contributed by atoms with Crippen LogP contribution in [0.3, 0.4) is 0 Å². The summed E-state index contributed by atoms with van der Waals surface area (Å²) in [5.41, 5.74) is 3.81. The number of aromatic nitrogens is 1. The average molecular weight is 520 g/mol. The number of pyridine rings is 1. The van der Waals surface area contributed by atoms with Gasteiger partial charge >= 0.3 is 0 Å². The predicted molar refractivity (Wildman–Crippen MR) is 147 cm³/mol. The zero-order valence-electron chi connectivity index (χ0n) is 19.8. The van der Waals surface area contributed by atoms with E-state index in [1.165, 1.54) is 26.7 Å². The van der Waals surface area contributed by atoms with Gasteiger partial charge in [-0.2, -0.15) is 0 Å². The van der Waals surface area contributed by atoms with Crippen LogP contribution in [-0.2, 0) is 6.42 Å². The van der Waals surface area contributed by atoms with Crippen molar-refractivity contribution in [2.75, 3.05) is 39.1 Å². The summed E-state index contributed by atoms with van der Waals surface area (Å²) in [5.74, 6) is 0.985. The number of nitrogens with one attached hydrogen (secondary N) is 1. The molecule has 0 saturated carbocycles. The number of hydrogen-bond donors (Lipinski definition) is 1. The number of rotatable bonds is 5. The number of likely N-dealkylation sites (N-methyl/N-ethyl adjacent to an activating group) is 1. The van der Waals surface area contributed by atoms with Crippen molar-refractivity contribution in [2.24, 2.45) is 0 Å². The van der Waals surface area contributed by atoms with Crippen LogP contribution in [0.5, 0.6) is 5.75 Å².